The lowest BCUT2D eigenvalue weighted by Gasteiger charge is -2.10. The lowest BCUT2D eigenvalue weighted by Crippen LogP contribution is -2.03. The van der Waals surface area contributed by atoms with Gasteiger partial charge in [-0.2, -0.15) is 5.26 Å². The summed E-state index contributed by atoms with van der Waals surface area (Å²) in [5.41, 5.74) is 5.09. The Kier molecular flexibility index (Phi) is 4.12. The Morgan fingerprint density at radius 1 is 1.13 bits per heavy atom. The fourth-order valence-electron chi connectivity index (χ4n) is 3.08. The van der Waals surface area contributed by atoms with Crippen LogP contribution in [0.25, 0.3) is 22.2 Å². The Bertz CT molecular complexity index is 888. The number of aromatic nitrogens is 1. The van der Waals surface area contributed by atoms with Gasteiger partial charge in [0.1, 0.15) is 19.7 Å². The van der Waals surface area contributed by atoms with Crippen LogP contribution in [0.5, 0.6) is 5.75 Å². The molecule has 114 valence electrons. The fourth-order valence-corrected chi connectivity index (χ4v) is 3.08. The van der Waals surface area contributed by atoms with Gasteiger partial charge in [-0.05, 0) is 49.7 Å². The molecule has 0 saturated carbocycles. The summed E-state index contributed by atoms with van der Waals surface area (Å²) < 4.78 is 7.73. The molecule has 0 bridgehead atoms. The van der Waals surface area contributed by atoms with Crippen LogP contribution >= 0.6 is 0 Å². The number of nitriles is 1. The third-order valence-corrected chi connectivity index (χ3v) is 4.09. The Labute approximate surface area is 137 Å². The molecule has 0 N–H and O–H groups in total. The third-order valence-electron chi connectivity index (χ3n) is 4.09. The van der Waals surface area contributed by atoms with Gasteiger partial charge in [0.15, 0.2) is 0 Å². The van der Waals surface area contributed by atoms with Gasteiger partial charge in [-0.25, -0.2) is 0 Å². The van der Waals surface area contributed by atoms with Crippen molar-refractivity contribution in [2.45, 2.75) is 20.4 Å². The summed E-state index contributed by atoms with van der Waals surface area (Å²) in [6.07, 6.45) is 0. The van der Waals surface area contributed by atoms with E-state index >= 15 is 0 Å². The maximum absolute atomic E-state index is 9.71. The molecule has 0 spiro atoms. The second-order valence-corrected chi connectivity index (χ2v) is 5.56. The van der Waals surface area contributed by atoms with Crippen LogP contribution in [0.1, 0.15) is 19.4 Å². The van der Waals surface area contributed by atoms with Crippen molar-refractivity contribution in [2.75, 3.05) is 6.61 Å². The Morgan fingerprint density at radius 2 is 1.87 bits per heavy atom. The van der Waals surface area contributed by atoms with Crippen molar-refractivity contribution in [3.8, 4) is 23.1 Å². The highest BCUT2D eigenvalue weighted by atomic mass is 16.5. The van der Waals surface area contributed by atoms with Crippen molar-refractivity contribution in [2.24, 2.45) is 0 Å². The molecule has 0 saturated heterocycles. The molecule has 4 heteroatoms. The van der Waals surface area contributed by atoms with E-state index in [1.807, 2.05) is 37.3 Å². The van der Waals surface area contributed by atoms with Gasteiger partial charge in [-0.3, -0.25) is 0 Å². The second kappa shape index (κ2) is 6.22. The summed E-state index contributed by atoms with van der Waals surface area (Å²) in [5.74, 6) is 0.852. The Morgan fingerprint density at radius 3 is 2.48 bits per heavy atom. The quantitative estimate of drug-likeness (QED) is 0.695. The molecule has 3 rings (SSSR count). The molecule has 1 aromatic heterocycles. The predicted octanol–water partition coefficient (Wildman–Crippen LogP) is 2.86. The lowest BCUT2D eigenvalue weighted by molar-refractivity contribution is 0.340. The van der Waals surface area contributed by atoms with Crippen LogP contribution in [0.4, 0.5) is 0 Å². The molecule has 0 radical (unpaired) electrons. The van der Waals surface area contributed by atoms with Gasteiger partial charge in [0.05, 0.1) is 17.9 Å². The summed E-state index contributed by atoms with van der Waals surface area (Å²) >= 11 is 0. The number of hydrogen-bond acceptors (Lipinski definition) is 2. The van der Waals surface area contributed by atoms with Gasteiger partial charge in [0.2, 0.25) is 0 Å². The molecule has 0 aliphatic heterocycles. The molecule has 0 amide bonds. The second-order valence-electron chi connectivity index (χ2n) is 5.56. The zero-order chi connectivity index (χ0) is 16.4. The van der Waals surface area contributed by atoms with Crippen LogP contribution in [0, 0.1) is 11.3 Å². The van der Waals surface area contributed by atoms with E-state index in [1.54, 1.807) is 0 Å². The minimum absolute atomic E-state index is 0.650. The zero-order valence-corrected chi connectivity index (χ0v) is 13.8. The molecule has 1 heterocycles. The minimum Gasteiger partial charge on any atom is -0.494 e. The van der Waals surface area contributed by atoms with Crippen LogP contribution in [-0.2, 0) is 6.54 Å². The number of fused-ring (bicyclic) bond motifs is 1. The Hall–Kier alpha value is -2.67. The van der Waals surface area contributed by atoms with E-state index in [9.17, 15) is 5.26 Å². The van der Waals surface area contributed by atoms with Crippen LogP contribution in [0.3, 0.4) is 0 Å². The maximum atomic E-state index is 9.71. The highest BCUT2D eigenvalue weighted by Gasteiger charge is 2.17. The summed E-state index contributed by atoms with van der Waals surface area (Å²) in [4.78, 5) is 0. The van der Waals surface area contributed by atoms with Gasteiger partial charge in [0.25, 0.3) is 0 Å². The van der Waals surface area contributed by atoms with Crippen LogP contribution in [0.15, 0.2) is 42.5 Å². The maximum Gasteiger partial charge on any atom is 0.139 e. The van der Waals surface area contributed by atoms with Crippen LogP contribution in [0.2, 0.25) is 0 Å². The standard InChI is InChI=1S/C19H19BN2O/c1-3-22-18-11-14(20)7-10-16(18)17(12-21)19(22)13-5-8-15(9-6-13)23-4-2/h5-11H,3-4,20H2,1-2H3. The third kappa shape index (κ3) is 2.59. The first-order valence-corrected chi connectivity index (χ1v) is 7.95. The van der Waals surface area contributed by atoms with Gasteiger partial charge in [-0.15, -0.1) is 0 Å². The van der Waals surface area contributed by atoms with E-state index in [0.717, 1.165) is 40.0 Å². The summed E-state index contributed by atoms with van der Waals surface area (Å²) in [7, 11) is 2.08. The summed E-state index contributed by atoms with van der Waals surface area (Å²) in [6.45, 7) is 5.56. The van der Waals surface area contributed by atoms with Gasteiger partial charge in [0, 0.05) is 17.4 Å². The number of benzene rings is 2. The fraction of sp³-hybridized carbons (Fsp3) is 0.211. The average molecular weight is 302 g/mol. The largest absolute Gasteiger partial charge is 0.494 e. The van der Waals surface area contributed by atoms with E-state index in [4.69, 9.17) is 4.74 Å². The summed E-state index contributed by atoms with van der Waals surface area (Å²) in [6, 6.07) is 16.6. The molecule has 2 aromatic carbocycles. The number of ether oxygens (including phenoxy) is 1. The van der Waals surface area contributed by atoms with E-state index in [-0.39, 0.29) is 0 Å². The van der Waals surface area contributed by atoms with Crippen LogP contribution in [-0.4, -0.2) is 19.0 Å². The first-order valence-electron chi connectivity index (χ1n) is 7.95. The van der Waals surface area contributed by atoms with E-state index < -0.39 is 0 Å². The number of hydrogen-bond donors (Lipinski definition) is 0. The molecule has 0 atom stereocenters. The lowest BCUT2D eigenvalue weighted by atomic mass is 9.95. The topological polar surface area (TPSA) is 37.9 Å². The van der Waals surface area contributed by atoms with Crippen molar-refractivity contribution < 1.29 is 4.74 Å². The van der Waals surface area contributed by atoms with Gasteiger partial charge < -0.3 is 9.30 Å². The SMILES string of the molecule is Bc1ccc2c(C#N)c(-c3ccc(OCC)cc3)n(CC)c2c1. The van der Waals surface area contributed by atoms with Crippen molar-refractivity contribution in [3.63, 3.8) is 0 Å². The van der Waals surface area contributed by atoms with Crippen molar-refractivity contribution in [1.82, 2.24) is 4.57 Å². The van der Waals surface area contributed by atoms with Gasteiger partial charge in [-0.1, -0.05) is 17.6 Å². The highest BCUT2D eigenvalue weighted by molar-refractivity contribution is 6.33. The smallest absolute Gasteiger partial charge is 0.139 e. The van der Waals surface area contributed by atoms with Gasteiger partial charge >= 0.3 is 0 Å². The van der Waals surface area contributed by atoms with E-state index in [0.29, 0.717) is 6.61 Å². The van der Waals surface area contributed by atoms with E-state index in [2.05, 4.69) is 37.5 Å². The average Bonchev–Trinajstić information content (AvgIpc) is 2.88. The monoisotopic (exact) mass is 302 g/mol. The number of aryl methyl sites for hydroxylation is 1. The molecule has 23 heavy (non-hydrogen) atoms. The zero-order valence-electron chi connectivity index (χ0n) is 13.8. The number of rotatable bonds is 4. The first-order chi connectivity index (χ1) is 11.2. The number of nitrogens with zero attached hydrogens (tertiary/aromatic N) is 2. The van der Waals surface area contributed by atoms with Crippen LogP contribution < -0.4 is 10.2 Å². The molecule has 3 aromatic rings. The highest BCUT2D eigenvalue weighted by Crippen LogP contribution is 2.33. The molecule has 0 fully saturated rings. The molecule has 0 unspecified atom stereocenters. The van der Waals surface area contributed by atoms with E-state index in [1.165, 1.54) is 5.46 Å². The molecule has 3 nitrogen and oxygen atoms in total. The molecule has 0 aliphatic carbocycles. The Balaban J connectivity index is 2.25. The first kappa shape index (κ1) is 15.2. The minimum atomic E-state index is 0.650. The van der Waals surface area contributed by atoms with Crippen molar-refractivity contribution in [3.05, 3.63) is 48.0 Å². The van der Waals surface area contributed by atoms with Crippen molar-refractivity contribution >= 4 is 24.2 Å². The molecular formula is C19H19BN2O. The molecule has 0 aliphatic rings. The van der Waals surface area contributed by atoms with Crippen molar-refractivity contribution in [1.29, 1.82) is 5.26 Å². The summed E-state index contributed by atoms with van der Waals surface area (Å²) in [5, 5.41) is 10.7. The molecular weight excluding hydrogens is 283 g/mol. The normalized spacial score (nSPS) is 10.7. The predicted molar refractivity (Wildman–Crippen MR) is 97.1 cm³/mol.